The van der Waals surface area contributed by atoms with Crippen molar-refractivity contribution >= 4 is 6.47 Å². The molecule has 2 aromatic carbocycles. The van der Waals surface area contributed by atoms with Crippen LogP contribution in [0.25, 0.3) is 0 Å². The van der Waals surface area contributed by atoms with Crippen molar-refractivity contribution in [2.75, 3.05) is 26.8 Å². The highest BCUT2D eigenvalue weighted by Gasteiger charge is 2.27. The lowest BCUT2D eigenvalue weighted by molar-refractivity contribution is -0.122. The van der Waals surface area contributed by atoms with Crippen LogP contribution in [0.15, 0.2) is 48.5 Å². The van der Waals surface area contributed by atoms with Crippen LogP contribution in [-0.4, -0.2) is 43.3 Å². The number of methoxy groups -OCH3 is 1. The van der Waals surface area contributed by atoms with Gasteiger partial charge in [-0.05, 0) is 31.5 Å². The largest absolute Gasteiger partial charge is 0.493 e. The molecule has 0 aromatic heterocycles. The molecule has 1 aliphatic rings. The molecule has 3 rings (SSSR count). The van der Waals surface area contributed by atoms with Gasteiger partial charge in [-0.3, -0.25) is 9.69 Å². The molecule has 5 heteroatoms. The molecule has 0 aliphatic carbocycles. The minimum absolute atomic E-state index is 0.250. The number of hydrogen-bond donors (Lipinski definition) is 1. The average molecular weight is 357 g/mol. The number of para-hydroxylation sites is 1. The second-order valence-electron chi connectivity index (χ2n) is 6.12. The molecule has 2 aromatic rings. The lowest BCUT2D eigenvalue weighted by Gasteiger charge is -2.19. The minimum atomic E-state index is -0.250. The van der Waals surface area contributed by atoms with Gasteiger partial charge in [0.2, 0.25) is 0 Å². The second kappa shape index (κ2) is 10.5. The number of likely N-dealkylation sites (tertiary alicyclic amines) is 1. The average Bonchev–Trinajstić information content (AvgIpc) is 3.12. The predicted molar refractivity (Wildman–Crippen MR) is 102 cm³/mol. The lowest BCUT2D eigenvalue weighted by Crippen LogP contribution is -2.19. The van der Waals surface area contributed by atoms with Gasteiger partial charge >= 0.3 is 0 Å². The van der Waals surface area contributed by atoms with E-state index < -0.39 is 0 Å². The number of carbonyl (C=O) groups is 1. The third-order valence-electron chi connectivity index (χ3n) is 4.48. The maximum atomic E-state index is 8.36. The smallest absolute Gasteiger partial charge is 0.290 e. The van der Waals surface area contributed by atoms with Gasteiger partial charge in [-0.15, -0.1) is 0 Å². The Labute approximate surface area is 155 Å². The summed E-state index contributed by atoms with van der Waals surface area (Å²) in [4.78, 5) is 10.9. The maximum absolute atomic E-state index is 8.36. The summed E-state index contributed by atoms with van der Waals surface area (Å²) in [5, 5.41) is 6.89. The van der Waals surface area contributed by atoms with Crippen molar-refractivity contribution in [1.82, 2.24) is 4.90 Å². The first-order chi connectivity index (χ1) is 12.7. The molecular formula is C21H27NO4. The molecule has 1 fully saturated rings. The summed E-state index contributed by atoms with van der Waals surface area (Å²) >= 11 is 0. The van der Waals surface area contributed by atoms with Crippen LogP contribution >= 0.6 is 0 Å². The third-order valence-corrected chi connectivity index (χ3v) is 4.48. The molecular weight excluding hydrogens is 330 g/mol. The SMILES string of the molecule is CCOc1c(OC)cccc1C1CCN(Cc2ccccc2)C1.O=CO. The first-order valence-electron chi connectivity index (χ1n) is 8.87. The Morgan fingerprint density at radius 2 is 1.92 bits per heavy atom. The summed E-state index contributed by atoms with van der Waals surface area (Å²) in [6.07, 6.45) is 1.17. The number of rotatable bonds is 6. The Balaban J connectivity index is 0.000000758. The fraction of sp³-hybridized carbons (Fsp3) is 0.381. The first kappa shape index (κ1) is 19.8. The Bertz CT molecular complexity index is 675. The van der Waals surface area contributed by atoms with Crippen molar-refractivity contribution in [3.05, 3.63) is 59.7 Å². The molecule has 0 bridgehead atoms. The second-order valence-corrected chi connectivity index (χ2v) is 6.12. The van der Waals surface area contributed by atoms with Gasteiger partial charge in [0.05, 0.1) is 13.7 Å². The van der Waals surface area contributed by atoms with Crippen molar-refractivity contribution in [2.24, 2.45) is 0 Å². The number of carboxylic acid groups (broad SMARTS) is 1. The maximum Gasteiger partial charge on any atom is 0.290 e. The van der Waals surface area contributed by atoms with Crippen LogP contribution < -0.4 is 9.47 Å². The van der Waals surface area contributed by atoms with Crippen LogP contribution in [0.1, 0.15) is 30.4 Å². The Kier molecular flexibility index (Phi) is 7.96. The van der Waals surface area contributed by atoms with Crippen LogP contribution in [0.4, 0.5) is 0 Å². The van der Waals surface area contributed by atoms with E-state index in [0.717, 1.165) is 31.1 Å². The van der Waals surface area contributed by atoms with Gasteiger partial charge in [0.15, 0.2) is 11.5 Å². The molecule has 0 radical (unpaired) electrons. The zero-order chi connectivity index (χ0) is 18.8. The van der Waals surface area contributed by atoms with E-state index in [1.807, 2.05) is 13.0 Å². The summed E-state index contributed by atoms with van der Waals surface area (Å²) in [5.41, 5.74) is 2.66. The van der Waals surface area contributed by atoms with E-state index >= 15 is 0 Å². The molecule has 1 atom stereocenters. The van der Waals surface area contributed by atoms with Gasteiger partial charge in [-0.25, -0.2) is 0 Å². The summed E-state index contributed by atoms with van der Waals surface area (Å²) in [7, 11) is 1.71. The van der Waals surface area contributed by atoms with Gasteiger partial charge in [0.1, 0.15) is 0 Å². The normalized spacial score (nSPS) is 16.5. The highest BCUT2D eigenvalue weighted by Crippen LogP contribution is 2.39. The highest BCUT2D eigenvalue weighted by atomic mass is 16.5. The number of ether oxygens (including phenoxy) is 2. The minimum Gasteiger partial charge on any atom is -0.493 e. The molecule has 1 heterocycles. The fourth-order valence-corrected chi connectivity index (χ4v) is 3.39. The van der Waals surface area contributed by atoms with Gasteiger partial charge < -0.3 is 14.6 Å². The van der Waals surface area contributed by atoms with Gasteiger partial charge in [-0.1, -0.05) is 42.5 Å². The van der Waals surface area contributed by atoms with Crippen LogP contribution in [0.3, 0.4) is 0 Å². The Morgan fingerprint density at radius 1 is 1.19 bits per heavy atom. The molecule has 5 nitrogen and oxygen atoms in total. The third kappa shape index (κ3) is 5.23. The molecule has 1 N–H and O–H groups in total. The molecule has 0 saturated carbocycles. The van der Waals surface area contributed by atoms with Crippen molar-refractivity contribution < 1.29 is 19.4 Å². The van der Waals surface area contributed by atoms with E-state index in [2.05, 4.69) is 47.4 Å². The van der Waals surface area contributed by atoms with Crippen LogP contribution in [0.2, 0.25) is 0 Å². The van der Waals surface area contributed by atoms with Gasteiger partial charge in [0.25, 0.3) is 6.47 Å². The molecule has 1 aliphatic heterocycles. The number of benzene rings is 2. The molecule has 26 heavy (non-hydrogen) atoms. The fourth-order valence-electron chi connectivity index (χ4n) is 3.39. The summed E-state index contributed by atoms with van der Waals surface area (Å²) < 4.78 is 11.4. The molecule has 140 valence electrons. The van der Waals surface area contributed by atoms with E-state index in [-0.39, 0.29) is 6.47 Å². The summed E-state index contributed by atoms with van der Waals surface area (Å²) in [5.74, 6) is 2.27. The van der Waals surface area contributed by atoms with Crippen molar-refractivity contribution in [1.29, 1.82) is 0 Å². The number of nitrogens with zero attached hydrogens (tertiary/aromatic N) is 1. The van der Waals surface area contributed by atoms with Crippen molar-refractivity contribution in [3.63, 3.8) is 0 Å². The molecule has 0 spiro atoms. The Morgan fingerprint density at radius 3 is 2.58 bits per heavy atom. The monoisotopic (exact) mass is 357 g/mol. The topological polar surface area (TPSA) is 59.0 Å². The van der Waals surface area contributed by atoms with Gasteiger partial charge in [0, 0.05) is 24.6 Å². The zero-order valence-electron chi connectivity index (χ0n) is 15.4. The van der Waals surface area contributed by atoms with Crippen LogP contribution in [0.5, 0.6) is 11.5 Å². The van der Waals surface area contributed by atoms with Gasteiger partial charge in [-0.2, -0.15) is 0 Å². The molecule has 0 amide bonds. The van der Waals surface area contributed by atoms with E-state index in [1.54, 1.807) is 7.11 Å². The van der Waals surface area contributed by atoms with Crippen molar-refractivity contribution in [2.45, 2.75) is 25.8 Å². The highest BCUT2D eigenvalue weighted by molar-refractivity contribution is 5.48. The quantitative estimate of drug-likeness (QED) is 0.797. The summed E-state index contributed by atoms with van der Waals surface area (Å²) in [6, 6.07) is 16.9. The van der Waals surface area contributed by atoms with E-state index in [9.17, 15) is 0 Å². The van der Waals surface area contributed by atoms with E-state index in [1.165, 1.54) is 17.5 Å². The standard InChI is InChI=1S/C20H25NO2.CH2O2/c1-3-23-20-18(10-7-11-19(20)22-2)17-12-13-21(15-17)14-16-8-5-4-6-9-16;2-1-3/h4-11,17H,3,12-15H2,1-2H3;1H,(H,2,3). The first-order valence-corrected chi connectivity index (χ1v) is 8.87. The molecule has 1 saturated heterocycles. The van der Waals surface area contributed by atoms with Crippen LogP contribution in [0, 0.1) is 0 Å². The van der Waals surface area contributed by atoms with E-state index in [0.29, 0.717) is 12.5 Å². The zero-order valence-corrected chi connectivity index (χ0v) is 15.4. The van der Waals surface area contributed by atoms with Crippen LogP contribution in [-0.2, 0) is 11.3 Å². The molecule has 1 unspecified atom stereocenters. The summed E-state index contributed by atoms with van der Waals surface area (Å²) in [6.45, 7) is 5.65. The Hall–Kier alpha value is -2.53. The predicted octanol–water partition coefficient (Wildman–Crippen LogP) is 3.78. The number of hydrogen-bond acceptors (Lipinski definition) is 4. The van der Waals surface area contributed by atoms with E-state index in [4.69, 9.17) is 19.4 Å². The van der Waals surface area contributed by atoms with Crippen molar-refractivity contribution in [3.8, 4) is 11.5 Å². The lowest BCUT2D eigenvalue weighted by atomic mass is 9.97.